The van der Waals surface area contributed by atoms with Gasteiger partial charge in [0.1, 0.15) is 5.69 Å². The summed E-state index contributed by atoms with van der Waals surface area (Å²) in [7, 11) is 0. The van der Waals surface area contributed by atoms with Crippen LogP contribution in [-0.2, 0) is 0 Å². The van der Waals surface area contributed by atoms with Crippen LogP contribution in [0.4, 0.5) is 8.78 Å². The van der Waals surface area contributed by atoms with Gasteiger partial charge in [0.2, 0.25) is 0 Å². The van der Waals surface area contributed by atoms with E-state index >= 15 is 0 Å². The van der Waals surface area contributed by atoms with Crippen molar-refractivity contribution >= 4 is 0 Å². The lowest BCUT2D eigenvalue weighted by molar-refractivity contribution is 0.145. The van der Waals surface area contributed by atoms with E-state index in [1.165, 1.54) is 6.20 Å². The highest BCUT2D eigenvalue weighted by Gasteiger charge is 2.10. The molecule has 1 aromatic heterocycles. The predicted octanol–water partition coefficient (Wildman–Crippen LogP) is 2.68. The Hall–Kier alpha value is -0.930. The highest BCUT2D eigenvalue weighted by molar-refractivity contribution is 5.14. The molecule has 0 spiro atoms. The van der Waals surface area contributed by atoms with Crippen molar-refractivity contribution in [1.82, 2.24) is 10.2 Å². The SMILES string of the molecule is CC.Cc1cn[nH]c1C(F)F. The van der Waals surface area contributed by atoms with Crippen LogP contribution in [0.25, 0.3) is 0 Å². The van der Waals surface area contributed by atoms with Gasteiger partial charge >= 0.3 is 0 Å². The highest BCUT2D eigenvalue weighted by Crippen LogP contribution is 2.18. The fraction of sp³-hybridized carbons (Fsp3) is 0.571. The molecule has 0 saturated heterocycles. The molecule has 0 aliphatic heterocycles. The van der Waals surface area contributed by atoms with Gasteiger partial charge in [-0.05, 0) is 12.5 Å². The van der Waals surface area contributed by atoms with E-state index < -0.39 is 6.43 Å². The number of halogens is 2. The van der Waals surface area contributed by atoms with Gasteiger partial charge in [0, 0.05) is 0 Å². The molecule has 64 valence electrons. The van der Waals surface area contributed by atoms with Crippen molar-refractivity contribution in [3.05, 3.63) is 17.5 Å². The molecule has 1 heterocycles. The quantitative estimate of drug-likeness (QED) is 0.675. The van der Waals surface area contributed by atoms with Gasteiger partial charge in [0.25, 0.3) is 6.43 Å². The molecule has 0 aliphatic rings. The molecule has 0 amide bonds. The first-order valence-electron chi connectivity index (χ1n) is 3.50. The minimum absolute atomic E-state index is 0.0880. The van der Waals surface area contributed by atoms with E-state index in [-0.39, 0.29) is 5.69 Å². The van der Waals surface area contributed by atoms with Crippen molar-refractivity contribution in [3.63, 3.8) is 0 Å². The Morgan fingerprint density at radius 2 is 2.00 bits per heavy atom. The second-order valence-electron chi connectivity index (χ2n) is 1.77. The van der Waals surface area contributed by atoms with Crippen LogP contribution in [0.2, 0.25) is 0 Å². The predicted molar refractivity (Wildman–Crippen MR) is 39.6 cm³/mol. The van der Waals surface area contributed by atoms with Crippen molar-refractivity contribution < 1.29 is 8.78 Å². The Bertz CT molecular complexity index is 196. The van der Waals surface area contributed by atoms with E-state index in [9.17, 15) is 8.78 Å². The molecule has 4 heteroatoms. The number of alkyl halides is 2. The number of aromatic amines is 1. The molecule has 0 aromatic carbocycles. The summed E-state index contributed by atoms with van der Waals surface area (Å²) >= 11 is 0. The van der Waals surface area contributed by atoms with Crippen LogP contribution in [0, 0.1) is 6.92 Å². The summed E-state index contributed by atoms with van der Waals surface area (Å²) in [5, 5.41) is 5.64. The van der Waals surface area contributed by atoms with Gasteiger partial charge < -0.3 is 0 Å². The zero-order valence-electron chi connectivity index (χ0n) is 6.86. The van der Waals surface area contributed by atoms with Gasteiger partial charge in [0.05, 0.1) is 6.20 Å². The molecule has 1 N–H and O–H groups in total. The summed E-state index contributed by atoms with van der Waals surface area (Å²) in [6.07, 6.45) is -1.06. The first kappa shape index (κ1) is 10.1. The van der Waals surface area contributed by atoms with Gasteiger partial charge in [-0.2, -0.15) is 5.10 Å². The summed E-state index contributed by atoms with van der Waals surface area (Å²) in [5.41, 5.74) is 0.417. The second kappa shape index (κ2) is 4.82. The minimum Gasteiger partial charge on any atom is -0.276 e. The third-order valence-corrected chi connectivity index (χ3v) is 1.09. The number of hydrogen-bond acceptors (Lipinski definition) is 1. The zero-order valence-corrected chi connectivity index (χ0v) is 6.86. The van der Waals surface area contributed by atoms with E-state index in [0.717, 1.165) is 0 Å². The minimum atomic E-state index is -2.44. The molecular formula is C7H12F2N2. The largest absolute Gasteiger partial charge is 0.280 e. The average Bonchev–Trinajstić information content (AvgIpc) is 2.39. The fourth-order valence-corrected chi connectivity index (χ4v) is 0.577. The number of H-pyrrole nitrogens is 1. The van der Waals surface area contributed by atoms with Gasteiger partial charge in [-0.25, -0.2) is 8.78 Å². The van der Waals surface area contributed by atoms with Crippen LogP contribution >= 0.6 is 0 Å². The third kappa shape index (κ3) is 2.65. The summed E-state index contributed by atoms with van der Waals surface area (Å²) in [4.78, 5) is 0. The van der Waals surface area contributed by atoms with Crippen LogP contribution in [0.5, 0.6) is 0 Å². The molecule has 0 unspecified atom stereocenters. The van der Waals surface area contributed by atoms with Crippen LogP contribution in [0.1, 0.15) is 31.5 Å². The van der Waals surface area contributed by atoms with E-state index in [0.29, 0.717) is 5.56 Å². The molecule has 11 heavy (non-hydrogen) atoms. The number of rotatable bonds is 1. The molecule has 2 nitrogen and oxygen atoms in total. The average molecular weight is 162 g/mol. The van der Waals surface area contributed by atoms with Crippen molar-refractivity contribution in [2.24, 2.45) is 0 Å². The molecule has 0 radical (unpaired) electrons. The molecule has 0 bridgehead atoms. The summed E-state index contributed by atoms with van der Waals surface area (Å²) < 4.78 is 23.6. The monoisotopic (exact) mass is 162 g/mol. The van der Waals surface area contributed by atoms with Gasteiger partial charge in [0.15, 0.2) is 0 Å². The smallest absolute Gasteiger partial charge is 0.276 e. The summed E-state index contributed by atoms with van der Waals surface area (Å²) in [6, 6.07) is 0. The number of nitrogens with zero attached hydrogens (tertiary/aromatic N) is 1. The van der Waals surface area contributed by atoms with Gasteiger partial charge in [-0.3, -0.25) is 5.10 Å². The standard InChI is InChI=1S/C5H6F2N2.C2H6/c1-3-2-8-9-4(3)5(6)7;1-2/h2,5H,1H3,(H,8,9);1-2H3. The van der Waals surface area contributed by atoms with Crippen molar-refractivity contribution in [2.45, 2.75) is 27.2 Å². The van der Waals surface area contributed by atoms with Crippen molar-refractivity contribution in [3.8, 4) is 0 Å². The Morgan fingerprint density at radius 1 is 1.45 bits per heavy atom. The highest BCUT2D eigenvalue weighted by atomic mass is 19.3. The van der Waals surface area contributed by atoms with Crippen LogP contribution < -0.4 is 0 Å². The Balaban J connectivity index is 0.000000461. The van der Waals surface area contributed by atoms with Gasteiger partial charge in [-0.15, -0.1) is 0 Å². The van der Waals surface area contributed by atoms with Crippen LogP contribution in [0.15, 0.2) is 6.20 Å². The normalized spacial score (nSPS) is 9.27. The number of aromatic nitrogens is 2. The molecule has 1 aromatic rings. The van der Waals surface area contributed by atoms with E-state index in [1.807, 2.05) is 13.8 Å². The lowest BCUT2D eigenvalue weighted by Crippen LogP contribution is -1.85. The molecule has 0 saturated carbocycles. The molecule has 1 rings (SSSR count). The van der Waals surface area contributed by atoms with Crippen LogP contribution in [-0.4, -0.2) is 10.2 Å². The Morgan fingerprint density at radius 3 is 2.18 bits per heavy atom. The summed E-state index contributed by atoms with van der Waals surface area (Å²) in [6.45, 7) is 5.59. The first-order valence-corrected chi connectivity index (χ1v) is 3.50. The number of aryl methyl sites for hydroxylation is 1. The molecule has 0 aliphatic carbocycles. The Labute approximate surface area is 64.6 Å². The number of nitrogens with one attached hydrogen (secondary N) is 1. The lowest BCUT2D eigenvalue weighted by Gasteiger charge is -1.92. The van der Waals surface area contributed by atoms with Gasteiger partial charge in [-0.1, -0.05) is 13.8 Å². The maximum atomic E-state index is 11.8. The van der Waals surface area contributed by atoms with E-state index in [4.69, 9.17) is 0 Å². The topological polar surface area (TPSA) is 28.7 Å². The lowest BCUT2D eigenvalue weighted by atomic mass is 10.3. The zero-order chi connectivity index (χ0) is 8.85. The van der Waals surface area contributed by atoms with E-state index in [2.05, 4.69) is 10.2 Å². The van der Waals surface area contributed by atoms with Crippen molar-refractivity contribution in [2.75, 3.05) is 0 Å². The molecule has 0 fully saturated rings. The maximum absolute atomic E-state index is 11.8. The fourth-order valence-electron chi connectivity index (χ4n) is 0.577. The second-order valence-corrected chi connectivity index (χ2v) is 1.77. The van der Waals surface area contributed by atoms with Crippen molar-refractivity contribution in [1.29, 1.82) is 0 Å². The molecule has 0 atom stereocenters. The third-order valence-electron chi connectivity index (χ3n) is 1.09. The summed E-state index contributed by atoms with van der Waals surface area (Å²) in [5.74, 6) is 0. The van der Waals surface area contributed by atoms with Crippen LogP contribution in [0.3, 0.4) is 0 Å². The maximum Gasteiger partial charge on any atom is 0.280 e. The Kier molecular flexibility index (Phi) is 4.41. The molecular weight excluding hydrogens is 150 g/mol. The first-order chi connectivity index (χ1) is 5.22. The van der Waals surface area contributed by atoms with E-state index in [1.54, 1.807) is 6.92 Å². The number of hydrogen-bond donors (Lipinski definition) is 1.